The molecule has 0 saturated carbocycles. The van der Waals surface area contributed by atoms with E-state index in [0.717, 1.165) is 6.42 Å². The van der Waals surface area contributed by atoms with E-state index in [2.05, 4.69) is 0 Å². The Labute approximate surface area is 93.9 Å². The number of nitrogens with two attached hydrogens (primary N) is 1. The first kappa shape index (κ1) is 12.4. The zero-order valence-electron chi connectivity index (χ0n) is 8.58. The van der Waals surface area contributed by atoms with Gasteiger partial charge in [0.1, 0.15) is 5.82 Å². The molecule has 84 valence electrons. The molecule has 1 aromatic carbocycles. The summed E-state index contributed by atoms with van der Waals surface area (Å²) >= 11 is 5.55. The van der Waals surface area contributed by atoms with E-state index in [1.165, 1.54) is 12.1 Å². The van der Waals surface area contributed by atoms with Gasteiger partial charge in [0.2, 0.25) is 0 Å². The summed E-state index contributed by atoms with van der Waals surface area (Å²) in [4.78, 5) is 0. The fraction of sp³-hybridized carbons (Fsp3) is 0.455. The van der Waals surface area contributed by atoms with E-state index in [1.807, 2.05) is 6.92 Å². The highest BCUT2D eigenvalue weighted by molar-refractivity contribution is 6.30. The van der Waals surface area contributed by atoms with Crippen LogP contribution in [0.4, 0.5) is 4.39 Å². The second-order valence-corrected chi connectivity index (χ2v) is 3.96. The van der Waals surface area contributed by atoms with E-state index in [0.29, 0.717) is 12.0 Å². The monoisotopic (exact) mass is 231 g/mol. The minimum Gasteiger partial charge on any atom is -0.391 e. The molecule has 0 aliphatic carbocycles. The van der Waals surface area contributed by atoms with Crippen molar-refractivity contribution in [2.24, 2.45) is 5.73 Å². The van der Waals surface area contributed by atoms with Crippen LogP contribution in [0.5, 0.6) is 0 Å². The molecule has 0 unspecified atom stereocenters. The quantitative estimate of drug-likeness (QED) is 0.837. The lowest BCUT2D eigenvalue weighted by molar-refractivity contribution is 0.134. The maximum Gasteiger partial charge on any atom is 0.142 e. The SMILES string of the molecule is CCC[C@@H](O)[C@@H](N)c1ccc(Cl)c(F)c1. The second kappa shape index (κ2) is 5.45. The smallest absolute Gasteiger partial charge is 0.142 e. The van der Waals surface area contributed by atoms with Gasteiger partial charge in [-0.25, -0.2) is 4.39 Å². The van der Waals surface area contributed by atoms with Crippen LogP contribution in [0.15, 0.2) is 18.2 Å². The molecule has 1 rings (SSSR count). The van der Waals surface area contributed by atoms with Crippen LogP contribution in [0.25, 0.3) is 0 Å². The molecule has 2 atom stereocenters. The Morgan fingerprint density at radius 1 is 1.53 bits per heavy atom. The molecule has 0 saturated heterocycles. The van der Waals surface area contributed by atoms with E-state index in [4.69, 9.17) is 17.3 Å². The molecule has 0 radical (unpaired) electrons. The van der Waals surface area contributed by atoms with Crippen LogP contribution in [0.1, 0.15) is 31.4 Å². The molecule has 4 heteroatoms. The summed E-state index contributed by atoms with van der Waals surface area (Å²) in [5.74, 6) is -0.506. The highest BCUT2D eigenvalue weighted by Gasteiger charge is 2.16. The van der Waals surface area contributed by atoms with Crippen molar-refractivity contribution >= 4 is 11.6 Å². The normalized spacial score (nSPS) is 15.0. The lowest BCUT2D eigenvalue weighted by Crippen LogP contribution is -2.26. The van der Waals surface area contributed by atoms with Gasteiger partial charge < -0.3 is 10.8 Å². The molecular weight excluding hydrogens is 217 g/mol. The van der Waals surface area contributed by atoms with Gasteiger partial charge in [-0.1, -0.05) is 31.0 Å². The first-order chi connectivity index (χ1) is 7.06. The van der Waals surface area contributed by atoms with Crippen LogP contribution in [-0.2, 0) is 0 Å². The van der Waals surface area contributed by atoms with Gasteiger partial charge in [-0.3, -0.25) is 0 Å². The van der Waals surface area contributed by atoms with Gasteiger partial charge in [0.25, 0.3) is 0 Å². The molecule has 3 N–H and O–H groups in total. The predicted octanol–water partition coefficient (Wildman–Crippen LogP) is 2.64. The lowest BCUT2D eigenvalue weighted by Gasteiger charge is -2.18. The third-order valence-electron chi connectivity index (χ3n) is 2.33. The molecule has 0 spiro atoms. The molecule has 15 heavy (non-hydrogen) atoms. The number of rotatable bonds is 4. The van der Waals surface area contributed by atoms with Crippen LogP contribution in [0.3, 0.4) is 0 Å². The second-order valence-electron chi connectivity index (χ2n) is 3.56. The summed E-state index contributed by atoms with van der Waals surface area (Å²) in [6.45, 7) is 1.96. The van der Waals surface area contributed by atoms with Crippen molar-refractivity contribution in [2.45, 2.75) is 31.9 Å². The topological polar surface area (TPSA) is 46.2 Å². The van der Waals surface area contributed by atoms with Crippen molar-refractivity contribution < 1.29 is 9.50 Å². The van der Waals surface area contributed by atoms with Crippen molar-refractivity contribution in [3.8, 4) is 0 Å². The largest absolute Gasteiger partial charge is 0.391 e. The van der Waals surface area contributed by atoms with Crippen molar-refractivity contribution in [2.75, 3.05) is 0 Å². The molecule has 0 heterocycles. The van der Waals surface area contributed by atoms with Gasteiger partial charge in [-0.2, -0.15) is 0 Å². The van der Waals surface area contributed by atoms with Crippen LogP contribution in [0.2, 0.25) is 5.02 Å². The maximum atomic E-state index is 13.1. The molecule has 0 amide bonds. The van der Waals surface area contributed by atoms with Crippen molar-refractivity contribution in [3.63, 3.8) is 0 Å². The fourth-order valence-corrected chi connectivity index (χ4v) is 1.53. The summed E-state index contributed by atoms with van der Waals surface area (Å²) in [6, 6.07) is 3.79. The Hall–Kier alpha value is -0.640. The molecule has 0 fully saturated rings. The summed E-state index contributed by atoms with van der Waals surface area (Å²) in [6.07, 6.45) is 0.798. The summed E-state index contributed by atoms with van der Waals surface area (Å²) in [7, 11) is 0. The molecule has 2 nitrogen and oxygen atoms in total. The average Bonchev–Trinajstić information content (AvgIpc) is 2.21. The predicted molar refractivity (Wildman–Crippen MR) is 59.3 cm³/mol. The Morgan fingerprint density at radius 2 is 2.20 bits per heavy atom. The third kappa shape index (κ3) is 3.16. The number of hydrogen-bond acceptors (Lipinski definition) is 2. The molecule has 1 aromatic rings. The van der Waals surface area contributed by atoms with E-state index in [9.17, 15) is 9.50 Å². The van der Waals surface area contributed by atoms with E-state index in [-0.39, 0.29) is 5.02 Å². The van der Waals surface area contributed by atoms with Crippen LogP contribution < -0.4 is 5.73 Å². The number of aliphatic hydroxyl groups is 1. The van der Waals surface area contributed by atoms with Gasteiger partial charge >= 0.3 is 0 Å². The number of halogens is 2. The molecule has 0 aromatic heterocycles. The Kier molecular flexibility index (Phi) is 4.51. The van der Waals surface area contributed by atoms with Crippen LogP contribution >= 0.6 is 11.6 Å². The van der Waals surface area contributed by atoms with Gasteiger partial charge in [-0.05, 0) is 24.1 Å². The summed E-state index contributed by atoms with van der Waals surface area (Å²) in [5, 5.41) is 9.72. The van der Waals surface area contributed by atoms with E-state index in [1.54, 1.807) is 6.07 Å². The van der Waals surface area contributed by atoms with Crippen molar-refractivity contribution in [1.82, 2.24) is 0 Å². The Balaban J connectivity index is 2.81. The molecule has 0 bridgehead atoms. The third-order valence-corrected chi connectivity index (χ3v) is 2.63. The van der Waals surface area contributed by atoms with E-state index >= 15 is 0 Å². The van der Waals surface area contributed by atoms with Gasteiger partial charge in [0, 0.05) is 0 Å². The lowest BCUT2D eigenvalue weighted by atomic mass is 9.99. The molecule has 0 aliphatic rings. The summed E-state index contributed by atoms with van der Waals surface area (Å²) in [5.41, 5.74) is 6.35. The van der Waals surface area contributed by atoms with E-state index < -0.39 is 18.0 Å². The van der Waals surface area contributed by atoms with Gasteiger partial charge in [0.05, 0.1) is 17.2 Å². The first-order valence-electron chi connectivity index (χ1n) is 4.94. The Bertz CT molecular complexity index is 332. The highest BCUT2D eigenvalue weighted by Crippen LogP contribution is 2.22. The minimum absolute atomic E-state index is 0.0657. The summed E-state index contributed by atoms with van der Waals surface area (Å²) < 4.78 is 13.1. The molecular formula is C11H15ClFNO. The van der Waals surface area contributed by atoms with Gasteiger partial charge in [0.15, 0.2) is 0 Å². The fourth-order valence-electron chi connectivity index (χ4n) is 1.42. The number of benzene rings is 1. The zero-order chi connectivity index (χ0) is 11.4. The van der Waals surface area contributed by atoms with Gasteiger partial charge in [-0.15, -0.1) is 0 Å². The zero-order valence-corrected chi connectivity index (χ0v) is 9.34. The Morgan fingerprint density at radius 3 is 2.73 bits per heavy atom. The van der Waals surface area contributed by atoms with Crippen LogP contribution in [-0.4, -0.2) is 11.2 Å². The first-order valence-corrected chi connectivity index (χ1v) is 5.32. The van der Waals surface area contributed by atoms with Crippen molar-refractivity contribution in [1.29, 1.82) is 0 Å². The minimum atomic E-state index is -0.643. The maximum absolute atomic E-state index is 13.1. The average molecular weight is 232 g/mol. The number of aliphatic hydroxyl groups excluding tert-OH is 1. The van der Waals surface area contributed by atoms with Crippen LogP contribution in [0, 0.1) is 5.82 Å². The molecule has 0 aliphatic heterocycles. The highest BCUT2D eigenvalue weighted by atomic mass is 35.5. The standard InChI is InChI=1S/C11H15ClFNO/c1-2-3-10(15)11(14)7-4-5-8(12)9(13)6-7/h4-6,10-11,15H,2-3,14H2,1H3/t10-,11+/m1/s1. The van der Waals surface area contributed by atoms with Crippen molar-refractivity contribution in [3.05, 3.63) is 34.6 Å². The number of hydrogen-bond donors (Lipinski definition) is 2.